The SMILES string of the molecule is COCOc1ccc(C2=CC(C)OC(C)C2)c(OCOC)c1. The quantitative estimate of drug-likeness (QED) is 0.724. The maximum atomic E-state index is 5.75. The first kappa shape index (κ1) is 16.8. The molecule has 0 amide bonds. The van der Waals surface area contributed by atoms with Gasteiger partial charge in [0, 0.05) is 25.8 Å². The molecule has 0 bridgehead atoms. The van der Waals surface area contributed by atoms with E-state index in [1.807, 2.05) is 25.1 Å². The van der Waals surface area contributed by atoms with Gasteiger partial charge in [0.1, 0.15) is 11.5 Å². The van der Waals surface area contributed by atoms with Crippen molar-refractivity contribution in [3.8, 4) is 11.5 Å². The molecule has 0 fully saturated rings. The summed E-state index contributed by atoms with van der Waals surface area (Å²) < 4.78 is 26.9. The van der Waals surface area contributed by atoms with E-state index in [0.29, 0.717) is 5.75 Å². The van der Waals surface area contributed by atoms with Crippen molar-refractivity contribution in [1.82, 2.24) is 0 Å². The second-order valence-corrected chi connectivity index (χ2v) is 5.31. The molecule has 0 N–H and O–H groups in total. The highest BCUT2D eigenvalue weighted by Crippen LogP contribution is 2.35. The lowest BCUT2D eigenvalue weighted by Gasteiger charge is -2.26. The predicted molar refractivity (Wildman–Crippen MR) is 84.1 cm³/mol. The van der Waals surface area contributed by atoms with Gasteiger partial charge in [0.25, 0.3) is 0 Å². The molecule has 122 valence electrons. The van der Waals surface area contributed by atoms with Gasteiger partial charge in [0.2, 0.25) is 0 Å². The van der Waals surface area contributed by atoms with E-state index in [2.05, 4.69) is 13.0 Å². The van der Waals surface area contributed by atoms with Crippen LogP contribution in [0.25, 0.3) is 5.57 Å². The number of rotatable bonds is 7. The molecule has 0 saturated carbocycles. The standard InChI is InChI=1S/C17H24O5/c1-12-7-14(8-13(2)22-12)16-6-5-15(20-10-18-3)9-17(16)21-11-19-4/h5-7,9,12-13H,8,10-11H2,1-4H3. The van der Waals surface area contributed by atoms with Gasteiger partial charge in [-0.05, 0) is 38.0 Å². The molecule has 22 heavy (non-hydrogen) atoms. The number of hydrogen-bond acceptors (Lipinski definition) is 5. The van der Waals surface area contributed by atoms with Crippen LogP contribution in [0.4, 0.5) is 0 Å². The summed E-state index contributed by atoms with van der Waals surface area (Å²) in [4.78, 5) is 0. The minimum atomic E-state index is 0.0958. The highest BCUT2D eigenvalue weighted by molar-refractivity contribution is 5.72. The minimum Gasteiger partial charge on any atom is -0.467 e. The Morgan fingerprint density at radius 1 is 1.09 bits per heavy atom. The van der Waals surface area contributed by atoms with Crippen molar-refractivity contribution in [2.45, 2.75) is 32.5 Å². The fraction of sp³-hybridized carbons (Fsp3) is 0.529. The van der Waals surface area contributed by atoms with Gasteiger partial charge in [-0.2, -0.15) is 0 Å². The van der Waals surface area contributed by atoms with Gasteiger partial charge in [-0.3, -0.25) is 0 Å². The van der Waals surface area contributed by atoms with Crippen LogP contribution in [-0.2, 0) is 14.2 Å². The smallest absolute Gasteiger partial charge is 0.188 e. The van der Waals surface area contributed by atoms with E-state index in [1.165, 1.54) is 5.57 Å². The Hall–Kier alpha value is -1.56. The zero-order valence-electron chi connectivity index (χ0n) is 13.6. The highest BCUT2D eigenvalue weighted by Gasteiger charge is 2.20. The van der Waals surface area contributed by atoms with Gasteiger partial charge in [-0.1, -0.05) is 6.08 Å². The summed E-state index contributed by atoms with van der Waals surface area (Å²) >= 11 is 0. The van der Waals surface area contributed by atoms with Crippen molar-refractivity contribution in [3.63, 3.8) is 0 Å². The maximum Gasteiger partial charge on any atom is 0.188 e. The van der Waals surface area contributed by atoms with Gasteiger partial charge in [-0.15, -0.1) is 0 Å². The van der Waals surface area contributed by atoms with Crippen molar-refractivity contribution < 1.29 is 23.7 Å². The fourth-order valence-corrected chi connectivity index (χ4v) is 2.54. The lowest BCUT2D eigenvalue weighted by atomic mass is 9.95. The summed E-state index contributed by atoms with van der Waals surface area (Å²) in [6.45, 7) is 4.51. The first-order valence-electron chi connectivity index (χ1n) is 7.38. The number of ether oxygens (including phenoxy) is 5. The number of benzene rings is 1. The lowest BCUT2D eigenvalue weighted by molar-refractivity contribution is 0.0300. The molecule has 1 aliphatic rings. The molecular formula is C17H24O5. The second-order valence-electron chi connectivity index (χ2n) is 5.31. The molecule has 0 aromatic heterocycles. The molecule has 0 saturated heterocycles. The molecule has 1 heterocycles. The van der Waals surface area contributed by atoms with Crippen LogP contribution in [0.2, 0.25) is 0 Å². The van der Waals surface area contributed by atoms with Crippen LogP contribution in [-0.4, -0.2) is 40.0 Å². The normalized spacial score (nSPS) is 21.4. The van der Waals surface area contributed by atoms with Crippen LogP contribution in [0.1, 0.15) is 25.8 Å². The van der Waals surface area contributed by atoms with E-state index in [4.69, 9.17) is 23.7 Å². The zero-order chi connectivity index (χ0) is 15.9. The van der Waals surface area contributed by atoms with Crippen molar-refractivity contribution in [3.05, 3.63) is 29.8 Å². The van der Waals surface area contributed by atoms with Gasteiger partial charge in [0.15, 0.2) is 13.6 Å². The summed E-state index contributed by atoms with van der Waals surface area (Å²) in [7, 11) is 3.19. The topological polar surface area (TPSA) is 46.2 Å². The fourth-order valence-electron chi connectivity index (χ4n) is 2.54. The Morgan fingerprint density at radius 3 is 2.50 bits per heavy atom. The van der Waals surface area contributed by atoms with Crippen LogP contribution < -0.4 is 9.47 Å². The first-order chi connectivity index (χ1) is 10.6. The number of methoxy groups -OCH3 is 2. The molecule has 0 aliphatic carbocycles. The average molecular weight is 308 g/mol. The third kappa shape index (κ3) is 4.47. The van der Waals surface area contributed by atoms with Gasteiger partial charge in [-0.25, -0.2) is 0 Å². The largest absolute Gasteiger partial charge is 0.467 e. The summed E-state index contributed by atoms with van der Waals surface area (Å²) in [5.74, 6) is 1.44. The van der Waals surface area contributed by atoms with Crippen molar-refractivity contribution >= 4 is 5.57 Å². The predicted octanol–water partition coefficient (Wildman–Crippen LogP) is 3.23. The summed E-state index contributed by atoms with van der Waals surface area (Å²) in [6, 6.07) is 5.78. The third-order valence-corrected chi connectivity index (χ3v) is 3.36. The van der Waals surface area contributed by atoms with E-state index in [1.54, 1.807) is 14.2 Å². The molecule has 1 aromatic carbocycles. The summed E-state index contributed by atoms with van der Waals surface area (Å²) in [5.41, 5.74) is 2.26. The highest BCUT2D eigenvalue weighted by atomic mass is 16.7. The third-order valence-electron chi connectivity index (χ3n) is 3.36. The van der Waals surface area contributed by atoms with E-state index in [-0.39, 0.29) is 25.8 Å². The van der Waals surface area contributed by atoms with Gasteiger partial charge >= 0.3 is 0 Å². The van der Waals surface area contributed by atoms with Crippen molar-refractivity contribution in [2.75, 3.05) is 27.8 Å². The lowest BCUT2D eigenvalue weighted by Crippen LogP contribution is -2.21. The van der Waals surface area contributed by atoms with E-state index in [9.17, 15) is 0 Å². The Labute approximate surface area is 131 Å². The average Bonchev–Trinajstić information content (AvgIpc) is 2.50. The maximum absolute atomic E-state index is 5.75. The molecule has 0 spiro atoms. The minimum absolute atomic E-state index is 0.0958. The Balaban J connectivity index is 2.28. The molecular weight excluding hydrogens is 284 g/mol. The Kier molecular flexibility index (Phi) is 6.24. The van der Waals surface area contributed by atoms with E-state index >= 15 is 0 Å². The molecule has 1 aromatic rings. The van der Waals surface area contributed by atoms with Crippen LogP contribution in [0, 0.1) is 0 Å². The molecule has 5 nitrogen and oxygen atoms in total. The molecule has 2 unspecified atom stereocenters. The second kappa shape index (κ2) is 8.17. The van der Waals surface area contributed by atoms with Crippen LogP contribution in [0.5, 0.6) is 11.5 Å². The monoisotopic (exact) mass is 308 g/mol. The Morgan fingerprint density at radius 2 is 1.82 bits per heavy atom. The van der Waals surface area contributed by atoms with Crippen LogP contribution in [0.15, 0.2) is 24.3 Å². The van der Waals surface area contributed by atoms with Gasteiger partial charge in [0.05, 0.1) is 12.2 Å². The molecule has 2 atom stereocenters. The zero-order valence-corrected chi connectivity index (χ0v) is 13.6. The summed E-state index contributed by atoms with van der Waals surface area (Å²) in [6.07, 6.45) is 3.27. The van der Waals surface area contributed by atoms with Crippen molar-refractivity contribution in [2.24, 2.45) is 0 Å². The van der Waals surface area contributed by atoms with Gasteiger partial charge < -0.3 is 23.7 Å². The van der Waals surface area contributed by atoms with Crippen LogP contribution in [0.3, 0.4) is 0 Å². The molecule has 5 heteroatoms. The van der Waals surface area contributed by atoms with E-state index in [0.717, 1.165) is 17.7 Å². The molecule has 1 aliphatic heterocycles. The Bertz CT molecular complexity index is 512. The number of hydrogen-bond donors (Lipinski definition) is 0. The summed E-state index contributed by atoms with van der Waals surface area (Å²) in [5, 5.41) is 0. The molecule has 2 rings (SSSR count). The van der Waals surface area contributed by atoms with Crippen molar-refractivity contribution in [1.29, 1.82) is 0 Å². The first-order valence-corrected chi connectivity index (χ1v) is 7.38. The molecule has 0 radical (unpaired) electrons. The van der Waals surface area contributed by atoms with E-state index < -0.39 is 0 Å². The van der Waals surface area contributed by atoms with Crippen LogP contribution >= 0.6 is 0 Å².